The zero-order valence-electron chi connectivity index (χ0n) is 15.7. The van der Waals surface area contributed by atoms with Gasteiger partial charge in [0.25, 0.3) is 0 Å². The minimum absolute atomic E-state index is 0.0238. The molecule has 2 heterocycles. The number of likely N-dealkylation sites (tertiary alicyclic amines) is 1. The normalized spacial score (nSPS) is 22.5. The molecule has 2 aliphatic rings. The molecule has 1 atom stereocenters. The quantitative estimate of drug-likeness (QED) is 0.606. The summed E-state index contributed by atoms with van der Waals surface area (Å²) in [5, 5.41) is 0. The Morgan fingerprint density at radius 3 is 2.96 bits per heavy atom. The number of ether oxygens (including phenoxy) is 1. The molecule has 1 saturated heterocycles. The van der Waals surface area contributed by atoms with Crippen LogP contribution in [0.1, 0.15) is 45.1 Å². The van der Waals surface area contributed by atoms with Gasteiger partial charge < -0.3 is 15.4 Å². The number of nitrogens with zero attached hydrogens (tertiary/aromatic N) is 2. The van der Waals surface area contributed by atoms with Crippen LogP contribution in [0.5, 0.6) is 5.75 Å². The van der Waals surface area contributed by atoms with Crippen molar-refractivity contribution in [2.24, 2.45) is 16.0 Å². The maximum absolute atomic E-state index is 12.6. The van der Waals surface area contributed by atoms with E-state index in [1.807, 2.05) is 18.7 Å². The number of benzene rings is 1. The number of fused-ring (bicyclic) bond motifs is 1. The van der Waals surface area contributed by atoms with Crippen molar-refractivity contribution in [1.82, 2.24) is 4.90 Å². The number of rotatable bonds is 5. The van der Waals surface area contributed by atoms with Crippen molar-refractivity contribution in [3.8, 4) is 5.75 Å². The summed E-state index contributed by atoms with van der Waals surface area (Å²) in [7, 11) is -3.32. The number of amides is 1. The largest absolute Gasteiger partial charge is 0.491 e. The van der Waals surface area contributed by atoms with Gasteiger partial charge in [0.15, 0.2) is 5.84 Å². The van der Waals surface area contributed by atoms with Gasteiger partial charge in [0, 0.05) is 13.0 Å². The first kappa shape index (κ1) is 19.8. The zero-order valence-corrected chi connectivity index (χ0v) is 16.5. The minimum Gasteiger partial charge on any atom is -0.491 e. The van der Waals surface area contributed by atoms with Crippen molar-refractivity contribution in [3.63, 3.8) is 0 Å². The standard InChI is InChI=1S/C18H28N4O4S/c1-12(2)10-16(23)22-9-4-3-6-13(22)11-26-15-8-5-7-14-17(15)18(19)21-27(24,25)20-14/h5,7-8,12-13,20,24-25H,3-4,6,9-11H2,1-2H3,(H2,19,21). The minimum atomic E-state index is -3.32. The predicted molar refractivity (Wildman–Crippen MR) is 108 cm³/mol. The van der Waals surface area contributed by atoms with Gasteiger partial charge in [-0.2, -0.15) is 0 Å². The molecule has 150 valence electrons. The van der Waals surface area contributed by atoms with Gasteiger partial charge in [-0.15, -0.1) is 4.40 Å². The Morgan fingerprint density at radius 2 is 2.22 bits per heavy atom. The maximum Gasteiger partial charge on any atom is 0.223 e. The molecule has 3 rings (SSSR count). The van der Waals surface area contributed by atoms with Crippen LogP contribution in [0.4, 0.5) is 5.69 Å². The SMILES string of the molecule is CC(C)CC(=O)N1CCCCC1COc1cccc2c1C(N)=NS(O)(O)N2. The topological polar surface area (TPSA) is 120 Å². The Morgan fingerprint density at radius 1 is 1.44 bits per heavy atom. The van der Waals surface area contributed by atoms with Gasteiger partial charge in [0.05, 0.1) is 17.3 Å². The summed E-state index contributed by atoms with van der Waals surface area (Å²) in [6.45, 7) is 5.22. The Kier molecular flexibility index (Phi) is 5.83. The van der Waals surface area contributed by atoms with Gasteiger partial charge in [-0.05, 0) is 48.3 Å². The van der Waals surface area contributed by atoms with Gasteiger partial charge in [-0.25, -0.2) is 0 Å². The molecule has 1 aromatic carbocycles. The molecule has 27 heavy (non-hydrogen) atoms. The molecule has 9 heteroatoms. The van der Waals surface area contributed by atoms with E-state index < -0.39 is 11.0 Å². The van der Waals surface area contributed by atoms with Gasteiger partial charge >= 0.3 is 0 Å². The maximum atomic E-state index is 12.6. The average molecular weight is 397 g/mol. The van der Waals surface area contributed by atoms with Crippen molar-refractivity contribution in [2.75, 3.05) is 17.9 Å². The molecule has 0 aromatic heterocycles. The molecule has 0 saturated carbocycles. The highest BCUT2D eigenvalue weighted by molar-refractivity contribution is 8.24. The second kappa shape index (κ2) is 7.95. The van der Waals surface area contributed by atoms with Crippen molar-refractivity contribution < 1.29 is 18.6 Å². The molecule has 1 unspecified atom stereocenters. The third-order valence-electron chi connectivity index (χ3n) is 4.72. The summed E-state index contributed by atoms with van der Waals surface area (Å²) in [6, 6.07) is 5.23. The van der Waals surface area contributed by atoms with Gasteiger partial charge in [-0.1, -0.05) is 19.9 Å². The molecule has 1 fully saturated rings. The van der Waals surface area contributed by atoms with E-state index in [9.17, 15) is 13.9 Å². The molecule has 2 aliphatic heterocycles. The average Bonchev–Trinajstić information content (AvgIpc) is 2.58. The number of hydrogen-bond acceptors (Lipinski definition) is 7. The monoisotopic (exact) mass is 396 g/mol. The van der Waals surface area contributed by atoms with Crippen LogP contribution in [0.25, 0.3) is 0 Å². The highest BCUT2D eigenvalue weighted by Crippen LogP contribution is 2.46. The number of carbonyl (C=O) groups excluding carboxylic acids is 1. The number of amidine groups is 1. The molecule has 0 aliphatic carbocycles. The number of hydrogen-bond donors (Lipinski definition) is 4. The van der Waals surface area contributed by atoms with Crippen LogP contribution < -0.4 is 15.2 Å². The van der Waals surface area contributed by atoms with Crippen LogP contribution in [-0.4, -0.2) is 44.9 Å². The third kappa shape index (κ3) is 4.66. The molecule has 1 aromatic rings. The van der Waals surface area contributed by atoms with Crippen molar-refractivity contribution in [2.45, 2.75) is 45.6 Å². The van der Waals surface area contributed by atoms with Crippen LogP contribution in [0.2, 0.25) is 0 Å². The van der Waals surface area contributed by atoms with Gasteiger partial charge in [-0.3, -0.25) is 18.6 Å². The molecule has 0 bridgehead atoms. The lowest BCUT2D eigenvalue weighted by Crippen LogP contribution is -2.47. The van der Waals surface area contributed by atoms with E-state index in [1.165, 1.54) is 0 Å². The van der Waals surface area contributed by atoms with Crippen LogP contribution in [-0.2, 0) is 4.79 Å². The molecular formula is C18H28N4O4S. The van der Waals surface area contributed by atoms with Crippen molar-refractivity contribution >= 4 is 28.4 Å². The lowest BCUT2D eigenvalue weighted by atomic mass is 10.0. The molecule has 0 spiro atoms. The van der Waals surface area contributed by atoms with Crippen LogP contribution >= 0.6 is 11.0 Å². The van der Waals surface area contributed by atoms with Crippen LogP contribution in [0.15, 0.2) is 22.6 Å². The van der Waals surface area contributed by atoms with E-state index in [1.54, 1.807) is 18.2 Å². The predicted octanol–water partition coefficient (Wildman–Crippen LogP) is 3.20. The molecule has 8 nitrogen and oxygen atoms in total. The number of nitrogens with one attached hydrogen (secondary N) is 1. The first-order chi connectivity index (χ1) is 12.8. The van der Waals surface area contributed by atoms with Crippen LogP contribution in [0, 0.1) is 5.92 Å². The zero-order chi connectivity index (χ0) is 19.6. The molecule has 5 N–H and O–H groups in total. The smallest absolute Gasteiger partial charge is 0.223 e. The van der Waals surface area contributed by atoms with Crippen LogP contribution in [0.3, 0.4) is 0 Å². The summed E-state index contributed by atoms with van der Waals surface area (Å²) in [5.41, 5.74) is 6.91. The summed E-state index contributed by atoms with van der Waals surface area (Å²) >= 11 is 0. The summed E-state index contributed by atoms with van der Waals surface area (Å²) in [5.74, 6) is 1.03. The lowest BCUT2D eigenvalue weighted by molar-refractivity contribution is -0.136. The first-order valence-electron chi connectivity index (χ1n) is 9.24. The summed E-state index contributed by atoms with van der Waals surface area (Å²) in [6.07, 6.45) is 3.53. The number of carbonyl (C=O) groups is 1. The molecule has 1 amide bonds. The fourth-order valence-electron chi connectivity index (χ4n) is 3.51. The Labute approximate surface area is 161 Å². The first-order valence-corrected chi connectivity index (χ1v) is 10.7. The Bertz CT molecular complexity index is 738. The molecule has 0 radical (unpaired) electrons. The highest BCUT2D eigenvalue weighted by Gasteiger charge is 2.29. The third-order valence-corrected chi connectivity index (χ3v) is 5.66. The Balaban J connectivity index is 1.74. The van der Waals surface area contributed by atoms with E-state index in [0.29, 0.717) is 35.9 Å². The van der Waals surface area contributed by atoms with Crippen molar-refractivity contribution in [1.29, 1.82) is 0 Å². The fraction of sp³-hybridized carbons (Fsp3) is 0.556. The van der Waals surface area contributed by atoms with Crippen molar-refractivity contribution in [3.05, 3.63) is 23.8 Å². The summed E-state index contributed by atoms with van der Waals surface area (Å²) < 4.78 is 31.8. The summed E-state index contributed by atoms with van der Waals surface area (Å²) in [4.78, 5) is 14.5. The fourth-order valence-corrected chi connectivity index (χ4v) is 4.38. The highest BCUT2D eigenvalue weighted by atomic mass is 32.3. The molecular weight excluding hydrogens is 368 g/mol. The van der Waals surface area contributed by atoms with E-state index in [4.69, 9.17) is 10.5 Å². The van der Waals surface area contributed by atoms with E-state index >= 15 is 0 Å². The Hall–Kier alpha value is -1.97. The second-order valence-electron chi connectivity index (χ2n) is 7.42. The number of nitrogens with two attached hydrogens (primary N) is 1. The van der Waals surface area contributed by atoms with E-state index in [0.717, 1.165) is 25.8 Å². The lowest BCUT2D eigenvalue weighted by Gasteiger charge is -2.37. The number of piperidine rings is 1. The van der Waals surface area contributed by atoms with E-state index in [2.05, 4.69) is 9.12 Å². The second-order valence-corrected chi connectivity index (χ2v) is 8.85. The number of anilines is 1. The van der Waals surface area contributed by atoms with E-state index in [-0.39, 0.29) is 17.8 Å². The van der Waals surface area contributed by atoms with Gasteiger partial charge in [0.2, 0.25) is 5.91 Å². The van der Waals surface area contributed by atoms with Gasteiger partial charge in [0.1, 0.15) is 12.4 Å².